The van der Waals surface area contributed by atoms with Crippen LogP contribution in [0.5, 0.6) is 0 Å². The van der Waals surface area contributed by atoms with Crippen molar-refractivity contribution in [3.8, 4) is 0 Å². The van der Waals surface area contributed by atoms with Gasteiger partial charge in [-0.05, 0) is 25.7 Å². The molecule has 18 heavy (non-hydrogen) atoms. The van der Waals surface area contributed by atoms with Crippen molar-refractivity contribution < 1.29 is 0 Å². The van der Waals surface area contributed by atoms with E-state index in [9.17, 15) is 0 Å². The van der Waals surface area contributed by atoms with Crippen LogP contribution in [-0.2, 0) is 5.54 Å². The van der Waals surface area contributed by atoms with Crippen molar-refractivity contribution in [2.45, 2.75) is 75.8 Å². The second kappa shape index (κ2) is 5.00. The molecule has 0 radical (unpaired) electrons. The zero-order valence-electron chi connectivity index (χ0n) is 11.1. The molecular weight excluding hydrogens is 224 g/mol. The van der Waals surface area contributed by atoms with Crippen molar-refractivity contribution in [2.24, 2.45) is 5.73 Å². The Morgan fingerprint density at radius 3 is 2.44 bits per heavy atom. The predicted molar refractivity (Wildman–Crippen MR) is 71.1 cm³/mol. The minimum absolute atomic E-state index is 0.216. The summed E-state index contributed by atoms with van der Waals surface area (Å²) in [6.45, 7) is 0. The second-order valence-electron chi connectivity index (χ2n) is 6.07. The first-order valence-corrected chi connectivity index (χ1v) is 7.48. The standard InChI is InChI=1S/C14H24N4/c15-14(9-5-2-6-10-14)13-17-16-11-18(13)12-7-3-1-4-8-12/h11-12H,1-10,15H2. The van der Waals surface area contributed by atoms with Crippen LogP contribution in [0.4, 0.5) is 0 Å². The van der Waals surface area contributed by atoms with Gasteiger partial charge in [-0.1, -0.05) is 38.5 Å². The van der Waals surface area contributed by atoms with Crippen LogP contribution in [0, 0.1) is 0 Å². The maximum Gasteiger partial charge on any atom is 0.153 e. The fourth-order valence-electron chi connectivity index (χ4n) is 3.63. The fourth-order valence-corrected chi connectivity index (χ4v) is 3.63. The Kier molecular flexibility index (Phi) is 3.37. The van der Waals surface area contributed by atoms with Crippen LogP contribution in [0.3, 0.4) is 0 Å². The predicted octanol–water partition coefficient (Wildman–Crippen LogP) is 2.90. The van der Waals surface area contributed by atoms with Gasteiger partial charge >= 0.3 is 0 Å². The van der Waals surface area contributed by atoms with Crippen molar-refractivity contribution in [3.63, 3.8) is 0 Å². The number of hydrogen-bond acceptors (Lipinski definition) is 3. The first kappa shape index (κ1) is 12.2. The van der Waals surface area contributed by atoms with Gasteiger partial charge in [0.25, 0.3) is 0 Å². The van der Waals surface area contributed by atoms with Crippen LogP contribution in [0.2, 0.25) is 0 Å². The molecule has 1 aromatic rings. The van der Waals surface area contributed by atoms with E-state index < -0.39 is 0 Å². The van der Waals surface area contributed by atoms with E-state index in [1.807, 2.05) is 6.33 Å². The van der Waals surface area contributed by atoms with Crippen molar-refractivity contribution in [2.75, 3.05) is 0 Å². The smallest absolute Gasteiger partial charge is 0.153 e. The van der Waals surface area contributed by atoms with E-state index in [1.54, 1.807) is 0 Å². The minimum atomic E-state index is -0.216. The van der Waals surface area contributed by atoms with E-state index in [1.165, 1.54) is 51.4 Å². The van der Waals surface area contributed by atoms with Crippen LogP contribution in [-0.4, -0.2) is 14.8 Å². The molecule has 2 fully saturated rings. The fraction of sp³-hybridized carbons (Fsp3) is 0.857. The van der Waals surface area contributed by atoms with Gasteiger partial charge in [0.15, 0.2) is 5.82 Å². The maximum absolute atomic E-state index is 6.61. The van der Waals surface area contributed by atoms with Crippen LogP contribution >= 0.6 is 0 Å². The van der Waals surface area contributed by atoms with Gasteiger partial charge in [-0.3, -0.25) is 0 Å². The third kappa shape index (κ3) is 2.18. The highest BCUT2D eigenvalue weighted by Crippen LogP contribution is 2.36. The van der Waals surface area contributed by atoms with Crippen molar-refractivity contribution >= 4 is 0 Å². The molecule has 2 aliphatic rings. The zero-order valence-corrected chi connectivity index (χ0v) is 11.1. The molecule has 0 amide bonds. The summed E-state index contributed by atoms with van der Waals surface area (Å²) in [6.07, 6.45) is 14.4. The van der Waals surface area contributed by atoms with Gasteiger partial charge in [0, 0.05) is 6.04 Å². The Hall–Kier alpha value is -0.900. The van der Waals surface area contributed by atoms with E-state index in [0.717, 1.165) is 18.7 Å². The molecular formula is C14H24N4. The Balaban J connectivity index is 1.85. The van der Waals surface area contributed by atoms with Gasteiger partial charge in [-0.2, -0.15) is 0 Å². The molecule has 2 saturated carbocycles. The van der Waals surface area contributed by atoms with E-state index in [-0.39, 0.29) is 5.54 Å². The summed E-state index contributed by atoms with van der Waals surface area (Å²) < 4.78 is 2.30. The quantitative estimate of drug-likeness (QED) is 0.875. The molecule has 100 valence electrons. The Bertz CT molecular complexity index is 386. The lowest BCUT2D eigenvalue weighted by molar-refractivity contribution is 0.256. The topological polar surface area (TPSA) is 56.7 Å². The molecule has 1 heterocycles. The van der Waals surface area contributed by atoms with Gasteiger partial charge < -0.3 is 10.3 Å². The second-order valence-corrected chi connectivity index (χ2v) is 6.07. The molecule has 0 aliphatic heterocycles. The minimum Gasteiger partial charge on any atom is -0.319 e. The van der Waals surface area contributed by atoms with Crippen molar-refractivity contribution in [1.29, 1.82) is 0 Å². The summed E-state index contributed by atoms with van der Waals surface area (Å²) in [6, 6.07) is 0.589. The zero-order chi connectivity index (χ0) is 12.4. The highest BCUT2D eigenvalue weighted by atomic mass is 15.3. The summed E-state index contributed by atoms with van der Waals surface area (Å²) in [5.41, 5.74) is 6.39. The first-order chi connectivity index (χ1) is 8.80. The third-order valence-corrected chi connectivity index (χ3v) is 4.73. The molecule has 0 bridgehead atoms. The highest BCUT2D eigenvalue weighted by Gasteiger charge is 2.35. The number of rotatable bonds is 2. The van der Waals surface area contributed by atoms with Crippen molar-refractivity contribution in [3.05, 3.63) is 12.2 Å². The maximum atomic E-state index is 6.61. The SMILES string of the molecule is NC1(c2nncn2C2CCCCC2)CCCCC1. The van der Waals surface area contributed by atoms with E-state index in [0.29, 0.717) is 6.04 Å². The monoisotopic (exact) mass is 248 g/mol. The Labute approximate surface area is 109 Å². The molecule has 0 atom stereocenters. The largest absolute Gasteiger partial charge is 0.319 e. The lowest BCUT2D eigenvalue weighted by Gasteiger charge is -2.35. The lowest BCUT2D eigenvalue weighted by Crippen LogP contribution is -2.42. The van der Waals surface area contributed by atoms with Crippen LogP contribution < -0.4 is 5.73 Å². The molecule has 4 heteroatoms. The normalized spacial score (nSPS) is 25.2. The average molecular weight is 248 g/mol. The molecule has 1 aromatic heterocycles. The number of hydrogen-bond donors (Lipinski definition) is 1. The van der Waals surface area contributed by atoms with Gasteiger partial charge in [0.2, 0.25) is 0 Å². The Morgan fingerprint density at radius 1 is 1.06 bits per heavy atom. The van der Waals surface area contributed by atoms with E-state index >= 15 is 0 Å². The molecule has 0 saturated heterocycles. The van der Waals surface area contributed by atoms with Crippen LogP contribution in [0.25, 0.3) is 0 Å². The van der Waals surface area contributed by atoms with Gasteiger partial charge in [-0.15, -0.1) is 10.2 Å². The molecule has 2 aliphatic carbocycles. The Morgan fingerprint density at radius 2 is 1.72 bits per heavy atom. The summed E-state index contributed by atoms with van der Waals surface area (Å²) in [7, 11) is 0. The summed E-state index contributed by atoms with van der Waals surface area (Å²) >= 11 is 0. The number of aromatic nitrogens is 3. The third-order valence-electron chi connectivity index (χ3n) is 4.73. The molecule has 4 nitrogen and oxygen atoms in total. The highest BCUT2D eigenvalue weighted by molar-refractivity contribution is 5.08. The molecule has 0 spiro atoms. The summed E-state index contributed by atoms with van der Waals surface area (Å²) in [5, 5.41) is 8.53. The van der Waals surface area contributed by atoms with Gasteiger partial charge in [-0.25, -0.2) is 0 Å². The molecule has 2 N–H and O–H groups in total. The summed E-state index contributed by atoms with van der Waals surface area (Å²) in [5.74, 6) is 1.05. The van der Waals surface area contributed by atoms with Crippen molar-refractivity contribution in [1.82, 2.24) is 14.8 Å². The molecule has 0 unspecified atom stereocenters. The average Bonchev–Trinajstić information content (AvgIpc) is 2.91. The van der Waals surface area contributed by atoms with Crippen LogP contribution in [0.15, 0.2) is 6.33 Å². The van der Waals surface area contributed by atoms with E-state index in [4.69, 9.17) is 5.73 Å². The van der Waals surface area contributed by atoms with Gasteiger partial charge in [0.1, 0.15) is 6.33 Å². The van der Waals surface area contributed by atoms with Gasteiger partial charge in [0.05, 0.1) is 5.54 Å². The number of nitrogens with zero attached hydrogens (tertiary/aromatic N) is 3. The lowest BCUT2D eigenvalue weighted by atomic mass is 9.81. The van der Waals surface area contributed by atoms with E-state index in [2.05, 4.69) is 14.8 Å². The first-order valence-electron chi connectivity index (χ1n) is 7.48. The molecule has 0 aromatic carbocycles. The molecule has 3 rings (SSSR count). The van der Waals surface area contributed by atoms with Crippen LogP contribution in [0.1, 0.15) is 76.1 Å². The summed E-state index contributed by atoms with van der Waals surface area (Å²) in [4.78, 5) is 0. The number of nitrogens with two attached hydrogens (primary N) is 1.